The Morgan fingerprint density at radius 1 is 0.750 bits per heavy atom. The molecule has 0 atom stereocenters. The van der Waals surface area contributed by atoms with Gasteiger partial charge >= 0.3 is 0 Å². The summed E-state index contributed by atoms with van der Waals surface area (Å²) in [7, 11) is 0. The van der Waals surface area contributed by atoms with Gasteiger partial charge in [0.25, 0.3) is 0 Å². The van der Waals surface area contributed by atoms with E-state index in [1.165, 1.54) is 5.56 Å². The van der Waals surface area contributed by atoms with Crippen molar-refractivity contribution < 1.29 is 0 Å². The smallest absolute Gasteiger partial charge is 0.193 e. The number of halogens is 1. The molecule has 0 N–H and O–H groups in total. The van der Waals surface area contributed by atoms with Crippen molar-refractivity contribution in [2.75, 3.05) is 0 Å². The predicted molar refractivity (Wildman–Crippen MR) is 134 cm³/mol. The molecule has 5 aromatic rings. The molecule has 3 heteroatoms. The van der Waals surface area contributed by atoms with E-state index in [0.29, 0.717) is 11.4 Å². The van der Waals surface area contributed by atoms with Crippen LogP contribution in [0.4, 0.5) is 0 Å². The Kier molecular flexibility index (Phi) is 5.38. The Morgan fingerprint density at radius 3 is 2.12 bits per heavy atom. The molecule has 0 fully saturated rings. The number of aromatic nitrogens is 1. The fraction of sp³-hybridized carbons (Fsp3) is 0.0690. The minimum atomic E-state index is 0.0674. The van der Waals surface area contributed by atoms with Crippen LogP contribution in [0.5, 0.6) is 0 Å². The second kappa shape index (κ2) is 8.49. The van der Waals surface area contributed by atoms with Gasteiger partial charge in [-0.15, -0.1) is 0 Å². The monoisotopic (exact) mass is 435 g/mol. The second-order valence-electron chi connectivity index (χ2n) is 8.01. The van der Waals surface area contributed by atoms with Crippen molar-refractivity contribution in [2.24, 2.45) is 0 Å². The zero-order valence-corrected chi connectivity index (χ0v) is 18.5. The molecule has 0 saturated carbocycles. The predicted octanol–water partition coefficient (Wildman–Crippen LogP) is 7.21. The summed E-state index contributed by atoms with van der Waals surface area (Å²) in [5, 5.41) is 1.39. The van der Waals surface area contributed by atoms with E-state index in [4.69, 9.17) is 11.6 Å². The zero-order chi connectivity index (χ0) is 22.1. The minimum absolute atomic E-state index is 0.0674. The first-order valence-corrected chi connectivity index (χ1v) is 11.0. The quantitative estimate of drug-likeness (QED) is 0.292. The van der Waals surface area contributed by atoms with E-state index in [2.05, 4.69) is 47.9 Å². The Hall–Kier alpha value is -3.62. The van der Waals surface area contributed by atoms with Crippen LogP contribution in [0, 0.1) is 6.92 Å². The van der Waals surface area contributed by atoms with E-state index in [0.717, 1.165) is 39.0 Å². The molecule has 0 aliphatic rings. The molecule has 0 bridgehead atoms. The van der Waals surface area contributed by atoms with Crippen LogP contribution in [0.25, 0.3) is 27.8 Å². The molecule has 0 amide bonds. The summed E-state index contributed by atoms with van der Waals surface area (Å²) in [6.07, 6.45) is 0.550. The number of benzene rings is 4. The lowest BCUT2D eigenvalue weighted by Gasteiger charge is -2.21. The van der Waals surface area contributed by atoms with Gasteiger partial charge in [-0.25, -0.2) is 0 Å². The number of para-hydroxylation sites is 1. The first-order chi connectivity index (χ1) is 15.6. The van der Waals surface area contributed by atoms with E-state index in [1.807, 2.05) is 66.7 Å². The molecule has 0 aliphatic carbocycles. The van der Waals surface area contributed by atoms with E-state index < -0.39 is 0 Å². The maximum absolute atomic E-state index is 13.8. The SMILES string of the molecule is Cc1ccc(-n2c(-c3ccc(Cl)cc3)c(Cc3ccccc3)c(=O)c3ccccc32)cc1. The Morgan fingerprint density at radius 2 is 1.41 bits per heavy atom. The lowest BCUT2D eigenvalue weighted by atomic mass is 9.96. The largest absolute Gasteiger partial charge is 0.309 e. The molecule has 5 rings (SSSR count). The molecule has 4 aromatic carbocycles. The van der Waals surface area contributed by atoms with Gasteiger partial charge in [-0.1, -0.05) is 83.9 Å². The summed E-state index contributed by atoms with van der Waals surface area (Å²) in [4.78, 5) is 13.8. The number of pyridine rings is 1. The first-order valence-electron chi connectivity index (χ1n) is 10.7. The highest BCUT2D eigenvalue weighted by molar-refractivity contribution is 6.30. The maximum Gasteiger partial charge on any atom is 0.193 e. The average molecular weight is 436 g/mol. The third-order valence-electron chi connectivity index (χ3n) is 5.81. The highest BCUT2D eigenvalue weighted by Crippen LogP contribution is 2.32. The van der Waals surface area contributed by atoms with Crippen molar-refractivity contribution in [3.05, 3.63) is 135 Å². The molecule has 0 spiro atoms. The van der Waals surface area contributed by atoms with Crippen molar-refractivity contribution in [3.8, 4) is 16.9 Å². The lowest BCUT2D eigenvalue weighted by Crippen LogP contribution is -2.18. The van der Waals surface area contributed by atoms with E-state index >= 15 is 0 Å². The fourth-order valence-corrected chi connectivity index (χ4v) is 4.35. The maximum atomic E-state index is 13.8. The summed E-state index contributed by atoms with van der Waals surface area (Å²) in [6.45, 7) is 2.08. The minimum Gasteiger partial charge on any atom is -0.309 e. The number of hydrogen-bond acceptors (Lipinski definition) is 1. The van der Waals surface area contributed by atoms with Crippen LogP contribution in [-0.4, -0.2) is 4.57 Å². The Balaban J connectivity index is 1.91. The summed E-state index contributed by atoms with van der Waals surface area (Å²) < 4.78 is 2.21. The topological polar surface area (TPSA) is 22.0 Å². The third kappa shape index (κ3) is 3.74. The molecule has 1 aromatic heterocycles. The van der Waals surface area contributed by atoms with Crippen LogP contribution in [0.2, 0.25) is 5.02 Å². The van der Waals surface area contributed by atoms with Gasteiger partial charge in [-0.2, -0.15) is 0 Å². The second-order valence-corrected chi connectivity index (χ2v) is 8.45. The van der Waals surface area contributed by atoms with E-state index in [-0.39, 0.29) is 5.43 Å². The number of aryl methyl sites for hydroxylation is 1. The molecule has 32 heavy (non-hydrogen) atoms. The average Bonchev–Trinajstić information content (AvgIpc) is 2.83. The van der Waals surface area contributed by atoms with Crippen LogP contribution in [-0.2, 0) is 6.42 Å². The molecule has 0 saturated heterocycles. The lowest BCUT2D eigenvalue weighted by molar-refractivity contribution is 1.05. The van der Waals surface area contributed by atoms with Gasteiger partial charge in [0.05, 0.1) is 11.2 Å². The molecule has 0 aliphatic heterocycles. The van der Waals surface area contributed by atoms with Crippen molar-refractivity contribution >= 4 is 22.5 Å². The van der Waals surface area contributed by atoms with E-state index in [1.54, 1.807) is 0 Å². The van der Waals surface area contributed by atoms with Gasteiger partial charge in [0.2, 0.25) is 0 Å². The summed E-state index contributed by atoms with van der Waals surface area (Å²) >= 11 is 6.20. The number of fused-ring (bicyclic) bond motifs is 1. The normalized spacial score (nSPS) is 11.1. The number of hydrogen-bond donors (Lipinski definition) is 0. The molecular weight excluding hydrogens is 414 g/mol. The standard InChI is InChI=1S/C29H22ClNO/c1-20-11-17-24(18-12-20)31-27-10-6-5-9-25(27)29(32)26(19-21-7-3-2-4-8-21)28(31)22-13-15-23(30)16-14-22/h2-18H,19H2,1H3. The molecule has 0 unspecified atom stereocenters. The highest BCUT2D eigenvalue weighted by atomic mass is 35.5. The van der Waals surface area contributed by atoms with Gasteiger partial charge in [0, 0.05) is 28.1 Å². The molecular formula is C29H22ClNO. The van der Waals surface area contributed by atoms with E-state index in [9.17, 15) is 4.79 Å². The van der Waals surface area contributed by atoms with Crippen molar-refractivity contribution in [2.45, 2.75) is 13.3 Å². The molecule has 1 heterocycles. The Bertz CT molecular complexity index is 1450. The van der Waals surface area contributed by atoms with Gasteiger partial charge in [0.15, 0.2) is 5.43 Å². The van der Waals surface area contributed by atoms with Gasteiger partial charge in [-0.3, -0.25) is 4.79 Å². The third-order valence-corrected chi connectivity index (χ3v) is 6.06. The molecule has 0 radical (unpaired) electrons. The number of rotatable bonds is 4. The summed E-state index contributed by atoms with van der Waals surface area (Å²) in [5.74, 6) is 0. The van der Waals surface area contributed by atoms with Crippen LogP contribution < -0.4 is 5.43 Å². The Labute approximate surface area is 192 Å². The zero-order valence-electron chi connectivity index (χ0n) is 17.8. The van der Waals surface area contributed by atoms with Crippen molar-refractivity contribution in [3.63, 3.8) is 0 Å². The number of nitrogens with zero attached hydrogens (tertiary/aromatic N) is 1. The molecule has 2 nitrogen and oxygen atoms in total. The van der Waals surface area contributed by atoms with Crippen LogP contribution >= 0.6 is 11.6 Å². The van der Waals surface area contributed by atoms with Gasteiger partial charge in [-0.05, 0) is 54.4 Å². The van der Waals surface area contributed by atoms with Crippen molar-refractivity contribution in [1.82, 2.24) is 4.57 Å². The van der Waals surface area contributed by atoms with Crippen LogP contribution in [0.3, 0.4) is 0 Å². The van der Waals surface area contributed by atoms with Gasteiger partial charge < -0.3 is 4.57 Å². The molecule has 156 valence electrons. The summed E-state index contributed by atoms with van der Waals surface area (Å²) in [5.41, 5.74) is 6.91. The van der Waals surface area contributed by atoms with Crippen LogP contribution in [0.1, 0.15) is 16.7 Å². The fourth-order valence-electron chi connectivity index (χ4n) is 4.22. The first kappa shape index (κ1) is 20.3. The van der Waals surface area contributed by atoms with Crippen molar-refractivity contribution in [1.29, 1.82) is 0 Å². The highest BCUT2D eigenvalue weighted by Gasteiger charge is 2.20. The van der Waals surface area contributed by atoms with Crippen LogP contribution in [0.15, 0.2) is 108 Å². The summed E-state index contributed by atoms with van der Waals surface area (Å²) in [6, 6.07) is 34.2. The van der Waals surface area contributed by atoms with Gasteiger partial charge in [0.1, 0.15) is 0 Å².